The molecule has 0 fully saturated rings. The molecule has 0 radical (unpaired) electrons. The molecule has 1 unspecified atom stereocenters. The summed E-state index contributed by atoms with van der Waals surface area (Å²) in [5.41, 5.74) is 1.22. The lowest BCUT2D eigenvalue weighted by molar-refractivity contribution is 0.288. The predicted molar refractivity (Wildman–Crippen MR) is 71.8 cm³/mol. The summed E-state index contributed by atoms with van der Waals surface area (Å²) in [7, 11) is 1.98. The summed E-state index contributed by atoms with van der Waals surface area (Å²) in [5, 5.41) is 3.30. The lowest BCUT2D eigenvalue weighted by Crippen LogP contribution is -2.29. The fourth-order valence-corrected chi connectivity index (χ4v) is 1.88. The van der Waals surface area contributed by atoms with Crippen LogP contribution in [0.5, 0.6) is 5.75 Å². The maximum Gasteiger partial charge on any atom is 0.119 e. The highest BCUT2D eigenvalue weighted by Gasteiger charge is 2.08. The molecule has 1 atom stereocenters. The maximum absolute atomic E-state index is 5.69. The number of rotatable bonds is 7. The van der Waals surface area contributed by atoms with Crippen LogP contribution in [0.2, 0.25) is 0 Å². The Morgan fingerprint density at radius 2 is 2.06 bits per heavy atom. The van der Waals surface area contributed by atoms with Gasteiger partial charge in [0.15, 0.2) is 0 Å². The van der Waals surface area contributed by atoms with E-state index in [9.17, 15) is 0 Å². The molecule has 0 saturated heterocycles. The second-order valence-electron chi connectivity index (χ2n) is 4.27. The second kappa shape index (κ2) is 6.87. The number of ether oxygens (including phenoxy) is 1. The van der Waals surface area contributed by atoms with Crippen molar-refractivity contribution >= 4 is 0 Å². The molecular weight excluding hydrogens is 226 g/mol. The molecular formula is C15H19NO2. The van der Waals surface area contributed by atoms with E-state index in [1.807, 2.05) is 43.4 Å². The first kappa shape index (κ1) is 12.7. The molecule has 0 aliphatic carbocycles. The van der Waals surface area contributed by atoms with E-state index in [-0.39, 0.29) is 0 Å². The van der Waals surface area contributed by atoms with Crippen molar-refractivity contribution in [3.05, 3.63) is 54.5 Å². The third-order valence-electron chi connectivity index (χ3n) is 2.95. The van der Waals surface area contributed by atoms with E-state index in [4.69, 9.17) is 9.15 Å². The van der Waals surface area contributed by atoms with Gasteiger partial charge >= 0.3 is 0 Å². The minimum atomic E-state index is 0.409. The Morgan fingerprint density at radius 3 is 2.72 bits per heavy atom. The fraction of sp³-hybridized carbons (Fsp3) is 0.333. The van der Waals surface area contributed by atoms with Gasteiger partial charge in [-0.1, -0.05) is 18.2 Å². The van der Waals surface area contributed by atoms with Crippen LogP contribution in [0.3, 0.4) is 0 Å². The molecule has 3 heteroatoms. The first-order chi connectivity index (χ1) is 8.88. The Hall–Kier alpha value is -1.74. The van der Waals surface area contributed by atoms with E-state index < -0.39 is 0 Å². The smallest absolute Gasteiger partial charge is 0.119 e. The monoisotopic (exact) mass is 245 g/mol. The molecule has 2 aromatic rings. The zero-order valence-electron chi connectivity index (χ0n) is 10.6. The van der Waals surface area contributed by atoms with Gasteiger partial charge in [-0.2, -0.15) is 0 Å². The quantitative estimate of drug-likeness (QED) is 0.814. The highest BCUT2D eigenvalue weighted by atomic mass is 16.5. The van der Waals surface area contributed by atoms with Gasteiger partial charge in [0.05, 0.1) is 19.1 Å². The molecule has 3 nitrogen and oxygen atoms in total. The van der Waals surface area contributed by atoms with Crippen LogP contribution in [-0.4, -0.2) is 19.7 Å². The first-order valence-electron chi connectivity index (χ1n) is 6.24. The number of likely N-dealkylation sites (N-methyl/N-ethyl adjacent to an activating group) is 1. The van der Waals surface area contributed by atoms with Gasteiger partial charge < -0.3 is 14.5 Å². The summed E-state index contributed by atoms with van der Waals surface area (Å²) in [6.45, 7) is 0.716. The van der Waals surface area contributed by atoms with Crippen LogP contribution in [0, 0.1) is 0 Å². The number of para-hydroxylation sites is 1. The zero-order chi connectivity index (χ0) is 12.6. The van der Waals surface area contributed by atoms with Crippen molar-refractivity contribution < 1.29 is 9.15 Å². The van der Waals surface area contributed by atoms with E-state index in [1.165, 1.54) is 5.56 Å². The summed E-state index contributed by atoms with van der Waals surface area (Å²) in [6.07, 6.45) is 5.44. The van der Waals surface area contributed by atoms with Crippen molar-refractivity contribution in [1.29, 1.82) is 0 Å². The molecule has 0 spiro atoms. The minimum Gasteiger partial charge on any atom is -0.494 e. The molecule has 96 valence electrons. The normalized spacial score (nSPS) is 12.3. The van der Waals surface area contributed by atoms with Crippen LogP contribution in [0.25, 0.3) is 0 Å². The number of hydrogen-bond donors (Lipinski definition) is 1. The molecule has 1 aromatic heterocycles. The van der Waals surface area contributed by atoms with Crippen molar-refractivity contribution in [3.8, 4) is 5.75 Å². The summed E-state index contributed by atoms with van der Waals surface area (Å²) in [6, 6.07) is 12.3. The topological polar surface area (TPSA) is 34.4 Å². The van der Waals surface area contributed by atoms with E-state index >= 15 is 0 Å². The van der Waals surface area contributed by atoms with Crippen molar-refractivity contribution in [2.24, 2.45) is 0 Å². The van der Waals surface area contributed by atoms with Crippen molar-refractivity contribution in [3.63, 3.8) is 0 Å². The van der Waals surface area contributed by atoms with Gasteiger partial charge in [0.25, 0.3) is 0 Å². The van der Waals surface area contributed by atoms with Crippen LogP contribution in [0.1, 0.15) is 12.0 Å². The number of furan rings is 1. The number of benzene rings is 1. The molecule has 0 aliphatic heterocycles. The Labute approximate surface area is 108 Å². The van der Waals surface area contributed by atoms with Crippen LogP contribution in [0.15, 0.2) is 53.3 Å². The lowest BCUT2D eigenvalue weighted by atomic mass is 10.1. The van der Waals surface area contributed by atoms with E-state index in [1.54, 1.807) is 12.5 Å². The standard InChI is InChI=1S/C15H19NO2/c1-16-14(11-13-7-9-17-12-13)8-10-18-15-5-3-2-4-6-15/h2-7,9,12,14,16H,8,10-11H2,1H3. The van der Waals surface area contributed by atoms with Gasteiger partial charge in [-0.15, -0.1) is 0 Å². The average Bonchev–Trinajstić information content (AvgIpc) is 2.92. The third kappa shape index (κ3) is 3.93. The molecule has 18 heavy (non-hydrogen) atoms. The van der Waals surface area contributed by atoms with Crippen molar-refractivity contribution in [2.75, 3.05) is 13.7 Å². The zero-order valence-corrected chi connectivity index (χ0v) is 10.6. The molecule has 0 saturated carbocycles. The van der Waals surface area contributed by atoms with Gasteiger partial charge in [-0.25, -0.2) is 0 Å². The van der Waals surface area contributed by atoms with E-state index in [0.717, 1.165) is 18.6 Å². The summed E-state index contributed by atoms with van der Waals surface area (Å²) in [4.78, 5) is 0. The molecule has 0 amide bonds. The fourth-order valence-electron chi connectivity index (χ4n) is 1.88. The summed E-state index contributed by atoms with van der Waals surface area (Å²) < 4.78 is 10.8. The highest BCUT2D eigenvalue weighted by Crippen LogP contribution is 2.10. The highest BCUT2D eigenvalue weighted by molar-refractivity contribution is 5.20. The molecule has 2 rings (SSSR count). The van der Waals surface area contributed by atoms with E-state index in [2.05, 4.69) is 5.32 Å². The Morgan fingerprint density at radius 1 is 1.22 bits per heavy atom. The summed E-state index contributed by atoms with van der Waals surface area (Å²) in [5.74, 6) is 0.927. The van der Waals surface area contributed by atoms with Crippen LogP contribution in [-0.2, 0) is 6.42 Å². The van der Waals surface area contributed by atoms with E-state index in [0.29, 0.717) is 12.6 Å². The molecule has 1 N–H and O–H groups in total. The average molecular weight is 245 g/mol. The molecule has 0 bridgehead atoms. The predicted octanol–water partition coefficient (Wildman–Crippen LogP) is 2.88. The van der Waals surface area contributed by atoms with Crippen molar-refractivity contribution in [2.45, 2.75) is 18.9 Å². The van der Waals surface area contributed by atoms with Gasteiger partial charge in [0.2, 0.25) is 0 Å². The molecule has 1 heterocycles. The maximum atomic E-state index is 5.69. The number of nitrogens with one attached hydrogen (secondary N) is 1. The van der Waals surface area contributed by atoms with Gasteiger partial charge in [-0.05, 0) is 43.7 Å². The third-order valence-corrected chi connectivity index (χ3v) is 2.95. The minimum absolute atomic E-state index is 0.409. The molecule has 1 aromatic carbocycles. The summed E-state index contributed by atoms with van der Waals surface area (Å²) >= 11 is 0. The van der Waals surface area contributed by atoms with Crippen molar-refractivity contribution in [1.82, 2.24) is 5.32 Å². The Balaban J connectivity index is 1.74. The van der Waals surface area contributed by atoms with Crippen LogP contribution in [0.4, 0.5) is 0 Å². The number of hydrogen-bond acceptors (Lipinski definition) is 3. The van der Waals surface area contributed by atoms with Crippen LogP contribution >= 0.6 is 0 Å². The van der Waals surface area contributed by atoms with Gasteiger partial charge in [0.1, 0.15) is 5.75 Å². The second-order valence-corrected chi connectivity index (χ2v) is 4.27. The molecule has 0 aliphatic rings. The largest absolute Gasteiger partial charge is 0.494 e. The van der Waals surface area contributed by atoms with Gasteiger partial charge in [0, 0.05) is 6.04 Å². The van der Waals surface area contributed by atoms with Gasteiger partial charge in [-0.3, -0.25) is 0 Å². The lowest BCUT2D eigenvalue weighted by Gasteiger charge is -2.15. The SMILES string of the molecule is CNC(CCOc1ccccc1)Cc1ccoc1. The Kier molecular flexibility index (Phi) is 4.85. The van der Waals surface area contributed by atoms with Crippen LogP contribution < -0.4 is 10.1 Å². The Bertz CT molecular complexity index is 425. The first-order valence-corrected chi connectivity index (χ1v) is 6.24.